The number of rotatable bonds is 6. The standard InChI is InChI=1S/C13H17FO3/c1-3-4-5-6-17-12-8-10(14)7-11(9(12)2)13(15)16/h7-8H,3-6H2,1-2H3,(H,15,16). The first-order chi connectivity index (χ1) is 8.06. The number of unbranched alkanes of at least 4 members (excludes halogenated alkanes) is 2. The Labute approximate surface area is 100 Å². The number of carboxylic acid groups (broad SMARTS) is 1. The molecule has 0 saturated carbocycles. The van der Waals surface area contributed by atoms with E-state index in [4.69, 9.17) is 9.84 Å². The molecule has 0 aliphatic carbocycles. The zero-order valence-corrected chi connectivity index (χ0v) is 10.1. The first-order valence-corrected chi connectivity index (χ1v) is 5.72. The lowest BCUT2D eigenvalue weighted by Crippen LogP contribution is -2.05. The van der Waals surface area contributed by atoms with Gasteiger partial charge in [0.2, 0.25) is 0 Å². The maximum absolute atomic E-state index is 13.2. The SMILES string of the molecule is CCCCCOc1cc(F)cc(C(=O)O)c1C. The Morgan fingerprint density at radius 2 is 2.12 bits per heavy atom. The number of halogens is 1. The van der Waals surface area contributed by atoms with E-state index in [-0.39, 0.29) is 5.56 Å². The van der Waals surface area contributed by atoms with Crippen LogP contribution in [0.4, 0.5) is 4.39 Å². The number of aromatic carboxylic acids is 1. The van der Waals surface area contributed by atoms with Crippen molar-refractivity contribution in [1.82, 2.24) is 0 Å². The first kappa shape index (κ1) is 13.5. The molecule has 0 unspecified atom stereocenters. The molecule has 0 heterocycles. The van der Waals surface area contributed by atoms with E-state index in [9.17, 15) is 9.18 Å². The minimum atomic E-state index is -1.14. The van der Waals surface area contributed by atoms with Crippen molar-refractivity contribution in [3.8, 4) is 5.75 Å². The smallest absolute Gasteiger partial charge is 0.336 e. The number of carboxylic acids is 1. The van der Waals surface area contributed by atoms with Crippen LogP contribution in [0.25, 0.3) is 0 Å². The van der Waals surface area contributed by atoms with E-state index in [1.807, 2.05) is 0 Å². The monoisotopic (exact) mass is 240 g/mol. The fraction of sp³-hybridized carbons (Fsp3) is 0.462. The Morgan fingerprint density at radius 1 is 1.41 bits per heavy atom. The van der Waals surface area contributed by atoms with Crippen LogP contribution in [0.3, 0.4) is 0 Å². The lowest BCUT2D eigenvalue weighted by Gasteiger charge is -2.11. The number of hydrogen-bond acceptors (Lipinski definition) is 2. The van der Waals surface area contributed by atoms with Crippen molar-refractivity contribution in [3.05, 3.63) is 29.1 Å². The Bertz CT molecular complexity index is 402. The molecule has 1 N–H and O–H groups in total. The number of hydrogen-bond donors (Lipinski definition) is 1. The molecule has 4 heteroatoms. The van der Waals surface area contributed by atoms with Crippen LogP contribution in [0.2, 0.25) is 0 Å². The van der Waals surface area contributed by atoms with Gasteiger partial charge in [-0.1, -0.05) is 19.8 Å². The molecule has 1 aromatic rings. The molecule has 0 atom stereocenters. The fourth-order valence-electron chi connectivity index (χ4n) is 1.56. The highest BCUT2D eigenvalue weighted by molar-refractivity contribution is 5.90. The summed E-state index contributed by atoms with van der Waals surface area (Å²) in [6.07, 6.45) is 3.00. The van der Waals surface area contributed by atoms with E-state index >= 15 is 0 Å². The Hall–Kier alpha value is -1.58. The van der Waals surface area contributed by atoms with E-state index in [0.29, 0.717) is 17.9 Å². The van der Waals surface area contributed by atoms with Crippen molar-refractivity contribution in [2.45, 2.75) is 33.1 Å². The minimum Gasteiger partial charge on any atom is -0.493 e. The van der Waals surface area contributed by atoms with Gasteiger partial charge < -0.3 is 9.84 Å². The van der Waals surface area contributed by atoms with Gasteiger partial charge in [-0.3, -0.25) is 0 Å². The summed E-state index contributed by atoms with van der Waals surface area (Å²) in [5.41, 5.74) is 0.422. The maximum Gasteiger partial charge on any atom is 0.336 e. The second kappa shape index (κ2) is 6.23. The van der Waals surface area contributed by atoms with Crippen LogP contribution in [0, 0.1) is 12.7 Å². The molecule has 0 radical (unpaired) electrons. The highest BCUT2D eigenvalue weighted by Crippen LogP contribution is 2.23. The molecule has 0 amide bonds. The molecular weight excluding hydrogens is 223 g/mol. The van der Waals surface area contributed by atoms with Gasteiger partial charge in [-0.05, 0) is 19.4 Å². The molecule has 1 rings (SSSR count). The molecule has 94 valence electrons. The highest BCUT2D eigenvalue weighted by Gasteiger charge is 2.13. The summed E-state index contributed by atoms with van der Waals surface area (Å²) in [5, 5.41) is 8.90. The second-order valence-electron chi connectivity index (χ2n) is 3.94. The van der Waals surface area contributed by atoms with Gasteiger partial charge in [0.25, 0.3) is 0 Å². The summed E-state index contributed by atoms with van der Waals surface area (Å²) < 4.78 is 18.6. The first-order valence-electron chi connectivity index (χ1n) is 5.72. The third kappa shape index (κ3) is 3.73. The van der Waals surface area contributed by atoms with Crippen molar-refractivity contribution in [2.75, 3.05) is 6.61 Å². The van der Waals surface area contributed by atoms with E-state index in [2.05, 4.69) is 6.92 Å². The fourth-order valence-corrected chi connectivity index (χ4v) is 1.56. The largest absolute Gasteiger partial charge is 0.493 e. The topological polar surface area (TPSA) is 46.5 Å². The summed E-state index contributed by atoms with van der Waals surface area (Å²) in [5.74, 6) is -1.41. The van der Waals surface area contributed by atoms with Crippen LogP contribution < -0.4 is 4.74 Å². The van der Waals surface area contributed by atoms with Crippen LogP contribution in [0.5, 0.6) is 5.75 Å². The van der Waals surface area contributed by atoms with Crippen molar-refractivity contribution in [1.29, 1.82) is 0 Å². The summed E-state index contributed by atoms with van der Waals surface area (Å²) in [7, 11) is 0. The van der Waals surface area contributed by atoms with E-state index in [1.165, 1.54) is 6.07 Å². The minimum absolute atomic E-state index is 0.0458. The van der Waals surface area contributed by atoms with Gasteiger partial charge in [-0.15, -0.1) is 0 Å². The number of benzene rings is 1. The quantitative estimate of drug-likeness (QED) is 0.775. The van der Waals surface area contributed by atoms with Gasteiger partial charge in [0.05, 0.1) is 12.2 Å². The third-order valence-electron chi connectivity index (χ3n) is 2.56. The molecule has 0 saturated heterocycles. The van der Waals surface area contributed by atoms with Crippen LogP contribution in [0.1, 0.15) is 42.1 Å². The normalized spacial score (nSPS) is 10.3. The molecule has 17 heavy (non-hydrogen) atoms. The molecule has 0 aromatic heterocycles. The summed E-state index contributed by atoms with van der Waals surface area (Å²) in [6, 6.07) is 2.24. The molecule has 0 spiro atoms. The molecule has 0 aliphatic rings. The predicted molar refractivity (Wildman–Crippen MR) is 63.1 cm³/mol. The van der Waals surface area contributed by atoms with Crippen LogP contribution in [-0.2, 0) is 0 Å². The van der Waals surface area contributed by atoms with Crippen molar-refractivity contribution >= 4 is 5.97 Å². The molecular formula is C13H17FO3. The molecule has 1 aromatic carbocycles. The number of ether oxygens (including phenoxy) is 1. The number of carbonyl (C=O) groups is 1. The average Bonchev–Trinajstić information content (AvgIpc) is 2.28. The highest BCUT2D eigenvalue weighted by atomic mass is 19.1. The van der Waals surface area contributed by atoms with Crippen molar-refractivity contribution in [3.63, 3.8) is 0 Å². The van der Waals surface area contributed by atoms with E-state index in [1.54, 1.807) is 6.92 Å². The molecule has 0 bridgehead atoms. The lowest BCUT2D eigenvalue weighted by atomic mass is 10.1. The van der Waals surface area contributed by atoms with Crippen molar-refractivity contribution < 1.29 is 19.0 Å². The Kier molecular flexibility index (Phi) is 4.94. The Balaban J connectivity index is 2.81. The van der Waals surface area contributed by atoms with Crippen molar-refractivity contribution in [2.24, 2.45) is 0 Å². The average molecular weight is 240 g/mol. The van der Waals surface area contributed by atoms with Gasteiger partial charge in [0.1, 0.15) is 11.6 Å². The summed E-state index contributed by atoms with van der Waals surface area (Å²) >= 11 is 0. The van der Waals surface area contributed by atoms with Gasteiger partial charge >= 0.3 is 5.97 Å². The zero-order valence-electron chi connectivity index (χ0n) is 10.1. The molecule has 0 aliphatic heterocycles. The lowest BCUT2D eigenvalue weighted by molar-refractivity contribution is 0.0695. The maximum atomic E-state index is 13.2. The van der Waals surface area contributed by atoms with Crippen LogP contribution in [-0.4, -0.2) is 17.7 Å². The summed E-state index contributed by atoms with van der Waals surface area (Å²) in [4.78, 5) is 10.9. The van der Waals surface area contributed by atoms with E-state index in [0.717, 1.165) is 25.3 Å². The molecule has 0 fully saturated rings. The van der Waals surface area contributed by atoms with E-state index < -0.39 is 11.8 Å². The molecule has 3 nitrogen and oxygen atoms in total. The summed E-state index contributed by atoms with van der Waals surface area (Å²) in [6.45, 7) is 4.19. The van der Waals surface area contributed by atoms with Gasteiger partial charge in [-0.25, -0.2) is 9.18 Å². The Morgan fingerprint density at radius 3 is 2.71 bits per heavy atom. The van der Waals surface area contributed by atoms with Crippen LogP contribution >= 0.6 is 0 Å². The van der Waals surface area contributed by atoms with Gasteiger partial charge in [0.15, 0.2) is 0 Å². The van der Waals surface area contributed by atoms with Gasteiger partial charge in [0, 0.05) is 11.6 Å². The second-order valence-corrected chi connectivity index (χ2v) is 3.94. The zero-order chi connectivity index (χ0) is 12.8. The predicted octanol–water partition coefficient (Wildman–Crippen LogP) is 3.40. The van der Waals surface area contributed by atoms with Crippen LogP contribution in [0.15, 0.2) is 12.1 Å². The third-order valence-corrected chi connectivity index (χ3v) is 2.56. The van der Waals surface area contributed by atoms with Gasteiger partial charge in [-0.2, -0.15) is 0 Å².